The van der Waals surface area contributed by atoms with E-state index in [1.165, 1.54) is 12.0 Å². The first-order valence-corrected chi connectivity index (χ1v) is 6.88. The molecule has 0 spiro atoms. The van der Waals surface area contributed by atoms with E-state index in [2.05, 4.69) is 23.6 Å². The number of para-hydroxylation sites is 1. The smallest absolute Gasteiger partial charge is 0.224 e. The van der Waals surface area contributed by atoms with Crippen molar-refractivity contribution in [3.05, 3.63) is 29.8 Å². The van der Waals surface area contributed by atoms with Crippen molar-refractivity contribution in [1.82, 2.24) is 5.32 Å². The van der Waals surface area contributed by atoms with Gasteiger partial charge in [0.05, 0.1) is 0 Å². The summed E-state index contributed by atoms with van der Waals surface area (Å²) in [5.41, 5.74) is 2.17. The number of anilines is 1. The first-order chi connectivity index (χ1) is 8.79. The standard InChI is InChI=1S/C15H22N2O/c1-2-13-7-3-4-8-14(13)17-15(18)10-12-6-5-9-16-11-12/h3-4,7-8,12,16H,2,5-6,9-11H2,1H3,(H,17,18). The SMILES string of the molecule is CCc1ccccc1NC(=O)CC1CCCNC1. The lowest BCUT2D eigenvalue weighted by atomic mass is 9.96. The molecule has 0 radical (unpaired) electrons. The number of carbonyl (C=O) groups is 1. The van der Waals surface area contributed by atoms with Crippen LogP contribution in [0.3, 0.4) is 0 Å². The summed E-state index contributed by atoms with van der Waals surface area (Å²) in [6.07, 6.45) is 3.92. The number of rotatable bonds is 4. The molecule has 0 bridgehead atoms. The lowest BCUT2D eigenvalue weighted by Crippen LogP contribution is -2.32. The predicted molar refractivity (Wildman–Crippen MR) is 74.7 cm³/mol. The van der Waals surface area contributed by atoms with Gasteiger partial charge in [-0.15, -0.1) is 0 Å². The van der Waals surface area contributed by atoms with Crippen LogP contribution in [0.15, 0.2) is 24.3 Å². The number of carbonyl (C=O) groups excluding carboxylic acids is 1. The second-order valence-corrected chi connectivity index (χ2v) is 4.98. The van der Waals surface area contributed by atoms with Crippen LogP contribution >= 0.6 is 0 Å². The molecule has 1 aliphatic heterocycles. The van der Waals surface area contributed by atoms with Gasteiger partial charge in [0.25, 0.3) is 0 Å². The molecule has 1 fully saturated rings. The molecule has 1 aliphatic rings. The second kappa shape index (κ2) is 6.55. The second-order valence-electron chi connectivity index (χ2n) is 4.98. The highest BCUT2D eigenvalue weighted by atomic mass is 16.1. The fraction of sp³-hybridized carbons (Fsp3) is 0.533. The molecular weight excluding hydrogens is 224 g/mol. The summed E-state index contributed by atoms with van der Waals surface area (Å²) in [6.45, 7) is 4.18. The Morgan fingerprint density at radius 3 is 3.00 bits per heavy atom. The molecule has 0 aliphatic carbocycles. The maximum atomic E-state index is 12.0. The van der Waals surface area contributed by atoms with E-state index in [-0.39, 0.29) is 5.91 Å². The lowest BCUT2D eigenvalue weighted by molar-refractivity contribution is -0.117. The van der Waals surface area contributed by atoms with Crippen LogP contribution in [-0.4, -0.2) is 19.0 Å². The van der Waals surface area contributed by atoms with Gasteiger partial charge in [-0.05, 0) is 49.9 Å². The maximum Gasteiger partial charge on any atom is 0.224 e. The van der Waals surface area contributed by atoms with Gasteiger partial charge >= 0.3 is 0 Å². The quantitative estimate of drug-likeness (QED) is 0.857. The van der Waals surface area contributed by atoms with E-state index in [1.807, 2.05) is 18.2 Å². The molecule has 1 unspecified atom stereocenters. The molecule has 98 valence electrons. The van der Waals surface area contributed by atoms with E-state index in [0.29, 0.717) is 12.3 Å². The Morgan fingerprint density at radius 1 is 1.44 bits per heavy atom. The monoisotopic (exact) mass is 246 g/mol. The molecule has 1 aromatic carbocycles. The van der Waals surface area contributed by atoms with Crippen LogP contribution in [0.4, 0.5) is 5.69 Å². The van der Waals surface area contributed by atoms with Crippen LogP contribution in [0.1, 0.15) is 31.7 Å². The Bertz CT molecular complexity index is 397. The van der Waals surface area contributed by atoms with Gasteiger partial charge in [0.1, 0.15) is 0 Å². The van der Waals surface area contributed by atoms with Crippen molar-refractivity contribution < 1.29 is 4.79 Å². The molecule has 0 aromatic heterocycles. The van der Waals surface area contributed by atoms with Crippen molar-refractivity contribution >= 4 is 11.6 Å². The van der Waals surface area contributed by atoms with Crippen LogP contribution in [-0.2, 0) is 11.2 Å². The van der Waals surface area contributed by atoms with Crippen LogP contribution in [0.25, 0.3) is 0 Å². The zero-order valence-corrected chi connectivity index (χ0v) is 11.0. The van der Waals surface area contributed by atoms with Gasteiger partial charge in [0.2, 0.25) is 5.91 Å². The molecule has 2 rings (SSSR count). The van der Waals surface area contributed by atoms with Gasteiger partial charge in [-0.2, -0.15) is 0 Å². The van der Waals surface area contributed by atoms with Gasteiger partial charge in [-0.1, -0.05) is 25.1 Å². The van der Waals surface area contributed by atoms with E-state index in [1.54, 1.807) is 0 Å². The van der Waals surface area contributed by atoms with Crippen molar-refractivity contribution in [1.29, 1.82) is 0 Å². The number of nitrogens with one attached hydrogen (secondary N) is 2. The summed E-state index contributed by atoms with van der Waals surface area (Å²) in [5, 5.41) is 6.39. The van der Waals surface area contributed by atoms with Gasteiger partial charge in [-0.3, -0.25) is 4.79 Å². The number of hydrogen-bond donors (Lipinski definition) is 2. The van der Waals surface area contributed by atoms with E-state index in [9.17, 15) is 4.79 Å². The van der Waals surface area contributed by atoms with Crippen LogP contribution in [0.2, 0.25) is 0 Å². The summed E-state index contributed by atoms with van der Waals surface area (Å²) in [5.74, 6) is 0.636. The summed E-state index contributed by atoms with van der Waals surface area (Å²) in [6, 6.07) is 8.03. The third-order valence-corrected chi connectivity index (χ3v) is 3.55. The number of piperidine rings is 1. The van der Waals surface area contributed by atoms with E-state index in [0.717, 1.165) is 31.6 Å². The number of hydrogen-bond acceptors (Lipinski definition) is 2. The molecule has 1 heterocycles. The minimum Gasteiger partial charge on any atom is -0.326 e. The Labute approximate surface area is 109 Å². The average molecular weight is 246 g/mol. The molecule has 1 atom stereocenters. The summed E-state index contributed by atoms with van der Waals surface area (Å²) in [7, 11) is 0. The summed E-state index contributed by atoms with van der Waals surface area (Å²) in [4.78, 5) is 12.0. The van der Waals surface area contributed by atoms with Gasteiger partial charge in [-0.25, -0.2) is 0 Å². The van der Waals surface area contributed by atoms with Crippen LogP contribution in [0, 0.1) is 5.92 Å². The fourth-order valence-electron chi connectivity index (χ4n) is 2.51. The molecule has 0 saturated carbocycles. The normalized spacial score (nSPS) is 19.5. The summed E-state index contributed by atoms with van der Waals surface area (Å²) < 4.78 is 0. The highest BCUT2D eigenvalue weighted by Crippen LogP contribution is 2.18. The highest BCUT2D eigenvalue weighted by Gasteiger charge is 2.17. The van der Waals surface area contributed by atoms with Crippen molar-refractivity contribution in [2.45, 2.75) is 32.6 Å². The van der Waals surface area contributed by atoms with Crippen molar-refractivity contribution in [3.63, 3.8) is 0 Å². The van der Waals surface area contributed by atoms with Gasteiger partial charge in [0, 0.05) is 12.1 Å². The first-order valence-electron chi connectivity index (χ1n) is 6.88. The first kappa shape index (κ1) is 13.1. The molecular formula is C15H22N2O. The van der Waals surface area contributed by atoms with Gasteiger partial charge in [0.15, 0.2) is 0 Å². The lowest BCUT2D eigenvalue weighted by Gasteiger charge is -2.22. The molecule has 1 aromatic rings. The number of amides is 1. The highest BCUT2D eigenvalue weighted by molar-refractivity contribution is 5.91. The van der Waals surface area contributed by atoms with Crippen molar-refractivity contribution in [2.75, 3.05) is 18.4 Å². The minimum absolute atomic E-state index is 0.143. The topological polar surface area (TPSA) is 41.1 Å². The third kappa shape index (κ3) is 3.57. The Hall–Kier alpha value is -1.35. The Balaban J connectivity index is 1.90. The zero-order valence-electron chi connectivity index (χ0n) is 11.0. The molecule has 1 saturated heterocycles. The Morgan fingerprint density at radius 2 is 2.28 bits per heavy atom. The largest absolute Gasteiger partial charge is 0.326 e. The predicted octanol–water partition coefficient (Wildman–Crippen LogP) is 2.58. The van der Waals surface area contributed by atoms with E-state index in [4.69, 9.17) is 0 Å². The molecule has 3 heteroatoms. The number of aryl methyl sites for hydroxylation is 1. The van der Waals surface area contributed by atoms with Crippen molar-refractivity contribution in [2.24, 2.45) is 5.92 Å². The molecule has 2 N–H and O–H groups in total. The zero-order chi connectivity index (χ0) is 12.8. The van der Waals surface area contributed by atoms with E-state index < -0.39 is 0 Å². The molecule has 3 nitrogen and oxygen atoms in total. The minimum atomic E-state index is 0.143. The number of benzene rings is 1. The van der Waals surface area contributed by atoms with Crippen LogP contribution < -0.4 is 10.6 Å². The third-order valence-electron chi connectivity index (χ3n) is 3.55. The van der Waals surface area contributed by atoms with Crippen molar-refractivity contribution in [3.8, 4) is 0 Å². The fourth-order valence-corrected chi connectivity index (χ4v) is 2.51. The molecule has 1 amide bonds. The van der Waals surface area contributed by atoms with Gasteiger partial charge < -0.3 is 10.6 Å². The molecule has 18 heavy (non-hydrogen) atoms. The van der Waals surface area contributed by atoms with E-state index >= 15 is 0 Å². The Kier molecular flexibility index (Phi) is 4.76. The summed E-state index contributed by atoms with van der Waals surface area (Å²) >= 11 is 0. The average Bonchev–Trinajstić information content (AvgIpc) is 2.40. The van der Waals surface area contributed by atoms with Crippen LogP contribution in [0.5, 0.6) is 0 Å². The maximum absolute atomic E-state index is 12.0.